The number of aromatic amines is 1. The molecule has 0 saturated carbocycles. The van der Waals surface area contributed by atoms with Crippen LogP contribution < -0.4 is 20.9 Å². The van der Waals surface area contributed by atoms with Crippen molar-refractivity contribution in [2.24, 2.45) is 0 Å². The lowest BCUT2D eigenvalue weighted by molar-refractivity contribution is -0.192. The zero-order valence-electron chi connectivity index (χ0n) is 22.7. The van der Waals surface area contributed by atoms with Crippen LogP contribution in [0.3, 0.4) is 0 Å². The number of esters is 1. The molecule has 2 aromatic carbocycles. The highest BCUT2D eigenvalue weighted by Crippen LogP contribution is 2.50. The monoisotopic (exact) mass is 629 g/mol. The van der Waals surface area contributed by atoms with Crippen molar-refractivity contribution < 1.29 is 42.3 Å². The van der Waals surface area contributed by atoms with Gasteiger partial charge in [-0.2, -0.15) is 0 Å². The van der Waals surface area contributed by atoms with E-state index in [2.05, 4.69) is 5.09 Å². The van der Waals surface area contributed by atoms with Gasteiger partial charge in [0.25, 0.3) is 12.0 Å². The number of aliphatic hydroxyl groups is 2. The molecular formula is C26H30F2N3O9PS. The molecule has 1 fully saturated rings. The standard InChI is InChI=1S/C26H30F2N3O9PS/c1-14(2)38-23(35)15(3)30-41(42,40-18-10-6-8-16-7-4-5-9-17(16)18)37-13-26(24(27)28)21(34)20(33)22(39-26)31-12-11-19(32)29-25(31)36/h4-12,14-15,20-22,24,33-34H,13H2,1-3H3,(H,30,42)(H,29,32,36)/t15-,20+,21-,22+,26+,41?/m0/s1. The lowest BCUT2D eigenvalue weighted by atomic mass is 9.96. The van der Waals surface area contributed by atoms with E-state index < -0.39 is 73.1 Å². The number of benzene rings is 2. The molecule has 0 amide bonds. The van der Waals surface area contributed by atoms with E-state index in [1.54, 1.807) is 38.1 Å². The third-order valence-electron chi connectivity index (χ3n) is 6.44. The Hall–Kier alpha value is -3.04. The maximum atomic E-state index is 14.6. The van der Waals surface area contributed by atoms with Crippen LogP contribution in [0, 0.1) is 0 Å². The highest BCUT2D eigenvalue weighted by molar-refractivity contribution is 8.09. The first-order valence-corrected chi connectivity index (χ1v) is 15.4. The maximum Gasteiger partial charge on any atom is 0.330 e. The van der Waals surface area contributed by atoms with E-state index >= 15 is 0 Å². The Morgan fingerprint density at radius 2 is 1.86 bits per heavy atom. The van der Waals surface area contributed by atoms with Crippen molar-refractivity contribution in [3.63, 3.8) is 0 Å². The molecule has 1 aromatic heterocycles. The van der Waals surface area contributed by atoms with Crippen LogP contribution in [0.1, 0.15) is 27.0 Å². The van der Waals surface area contributed by atoms with Crippen LogP contribution in [0.4, 0.5) is 8.78 Å². The molecule has 6 atom stereocenters. The van der Waals surface area contributed by atoms with Crippen molar-refractivity contribution in [2.75, 3.05) is 6.61 Å². The summed E-state index contributed by atoms with van der Waals surface area (Å²) in [7, 11) is 0. The normalized spacial score (nSPS) is 24.5. The molecule has 0 bridgehead atoms. The van der Waals surface area contributed by atoms with Crippen LogP contribution in [0.25, 0.3) is 10.8 Å². The van der Waals surface area contributed by atoms with Crippen LogP contribution in [0.15, 0.2) is 64.3 Å². The van der Waals surface area contributed by atoms with E-state index in [0.717, 1.165) is 17.6 Å². The van der Waals surface area contributed by atoms with Crippen LogP contribution in [0.2, 0.25) is 0 Å². The summed E-state index contributed by atoms with van der Waals surface area (Å²) >= 11 is 5.66. The minimum atomic E-state index is -3.93. The number of hydrogen-bond acceptors (Lipinski definition) is 10. The maximum absolute atomic E-state index is 14.6. The number of H-pyrrole nitrogens is 1. The molecule has 1 aliphatic heterocycles. The molecular weight excluding hydrogens is 599 g/mol. The average molecular weight is 630 g/mol. The van der Waals surface area contributed by atoms with Gasteiger partial charge in [-0.1, -0.05) is 36.4 Å². The van der Waals surface area contributed by atoms with Crippen LogP contribution >= 0.6 is 6.64 Å². The van der Waals surface area contributed by atoms with Gasteiger partial charge in [0.1, 0.15) is 24.0 Å². The number of aliphatic hydroxyl groups excluding tert-OH is 2. The summed E-state index contributed by atoms with van der Waals surface area (Å²) in [4.78, 5) is 38.2. The van der Waals surface area contributed by atoms with Crippen molar-refractivity contribution >= 4 is 35.2 Å². The second kappa shape index (κ2) is 12.7. The van der Waals surface area contributed by atoms with Gasteiger partial charge in [0.2, 0.25) is 0 Å². The molecule has 3 aromatic rings. The lowest BCUT2D eigenvalue weighted by Crippen LogP contribution is -2.53. The number of rotatable bonds is 11. The topological polar surface area (TPSA) is 161 Å². The largest absolute Gasteiger partial charge is 0.462 e. The smallest absolute Gasteiger partial charge is 0.330 e. The minimum Gasteiger partial charge on any atom is -0.462 e. The molecule has 16 heteroatoms. The molecule has 12 nitrogen and oxygen atoms in total. The molecule has 4 N–H and O–H groups in total. The number of halogens is 2. The molecule has 0 spiro atoms. The molecule has 1 aliphatic rings. The quantitative estimate of drug-likeness (QED) is 0.182. The third kappa shape index (κ3) is 6.62. The Morgan fingerprint density at radius 3 is 2.52 bits per heavy atom. The summed E-state index contributed by atoms with van der Waals surface area (Å²) in [5.41, 5.74) is -4.72. The van der Waals surface area contributed by atoms with Gasteiger partial charge >= 0.3 is 18.3 Å². The highest BCUT2D eigenvalue weighted by Gasteiger charge is 2.61. The van der Waals surface area contributed by atoms with Crippen molar-refractivity contribution in [1.82, 2.24) is 14.6 Å². The fourth-order valence-electron chi connectivity index (χ4n) is 4.33. The first kappa shape index (κ1) is 31.9. The fraction of sp³-hybridized carbons (Fsp3) is 0.423. The van der Waals surface area contributed by atoms with Crippen molar-refractivity contribution in [3.05, 3.63) is 75.6 Å². The molecule has 1 saturated heterocycles. The van der Waals surface area contributed by atoms with Crippen molar-refractivity contribution in [3.8, 4) is 5.75 Å². The molecule has 2 heterocycles. The summed E-state index contributed by atoms with van der Waals surface area (Å²) in [6, 6.07) is 12.0. The number of alkyl halides is 2. The number of ether oxygens (including phenoxy) is 2. The zero-order chi connectivity index (χ0) is 30.8. The number of nitrogens with zero attached hydrogens (tertiary/aromatic N) is 1. The molecule has 0 radical (unpaired) electrons. The summed E-state index contributed by atoms with van der Waals surface area (Å²) in [6.07, 6.45) is -9.11. The second-order valence-electron chi connectivity index (χ2n) is 9.89. The van der Waals surface area contributed by atoms with Gasteiger partial charge in [0.05, 0.1) is 12.7 Å². The molecule has 42 heavy (non-hydrogen) atoms. The number of fused-ring (bicyclic) bond motifs is 1. The van der Waals surface area contributed by atoms with E-state index in [1.807, 2.05) is 23.2 Å². The summed E-state index contributed by atoms with van der Waals surface area (Å²) in [5.74, 6) is -0.483. The summed E-state index contributed by atoms with van der Waals surface area (Å²) in [6.45, 7) is -0.343. The molecule has 0 aliphatic carbocycles. The molecule has 4 rings (SSSR count). The Balaban J connectivity index is 1.68. The van der Waals surface area contributed by atoms with Gasteiger partial charge in [-0.15, -0.1) is 0 Å². The van der Waals surface area contributed by atoms with Crippen LogP contribution in [0.5, 0.6) is 5.75 Å². The highest BCUT2D eigenvalue weighted by atomic mass is 32.5. The fourth-order valence-corrected chi connectivity index (χ4v) is 6.75. The van der Waals surface area contributed by atoms with E-state index in [4.69, 9.17) is 30.3 Å². The molecule has 1 unspecified atom stereocenters. The van der Waals surface area contributed by atoms with Crippen LogP contribution in [-0.2, 0) is 30.6 Å². The van der Waals surface area contributed by atoms with Crippen molar-refractivity contribution in [1.29, 1.82) is 0 Å². The van der Waals surface area contributed by atoms with E-state index in [1.165, 1.54) is 6.92 Å². The van der Waals surface area contributed by atoms with E-state index in [0.29, 0.717) is 9.95 Å². The van der Waals surface area contributed by atoms with Gasteiger partial charge in [-0.25, -0.2) is 18.7 Å². The average Bonchev–Trinajstić information content (AvgIpc) is 3.18. The van der Waals surface area contributed by atoms with Gasteiger partial charge in [-0.05, 0) is 44.0 Å². The number of nitrogens with one attached hydrogen (secondary N) is 2. The number of carbonyl (C=O) groups excluding carboxylic acids is 1. The predicted octanol–water partition coefficient (Wildman–Crippen LogP) is 2.19. The van der Waals surface area contributed by atoms with Crippen molar-refractivity contribution in [2.45, 2.75) is 63.4 Å². The third-order valence-corrected chi connectivity index (χ3v) is 8.90. The Kier molecular flexibility index (Phi) is 9.62. The Bertz CT molecular complexity index is 1600. The van der Waals surface area contributed by atoms with Gasteiger partial charge in [0.15, 0.2) is 11.8 Å². The Labute approximate surface area is 243 Å². The summed E-state index contributed by atoms with van der Waals surface area (Å²) < 4.78 is 52.4. The van der Waals surface area contributed by atoms with Gasteiger partial charge in [-0.3, -0.25) is 19.1 Å². The number of hydrogen-bond donors (Lipinski definition) is 4. The number of carbonyl (C=O) groups is 1. The first-order valence-electron chi connectivity index (χ1n) is 12.8. The van der Waals surface area contributed by atoms with Gasteiger partial charge < -0.3 is 28.7 Å². The Morgan fingerprint density at radius 1 is 1.17 bits per heavy atom. The zero-order valence-corrected chi connectivity index (χ0v) is 24.4. The lowest BCUT2D eigenvalue weighted by Gasteiger charge is -2.34. The van der Waals surface area contributed by atoms with Gasteiger partial charge in [0, 0.05) is 17.6 Å². The SMILES string of the molecule is CC(C)OC(=O)[C@H](C)NP(=S)(OC[C@@]1(C(F)F)O[C@@H](n2ccc(=O)[nH]c2=O)[C@H](O)[C@@H]1O)Oc1cccc2ccccc12. The first-order chi connectivity index (χ1) is 19.8. The number of aromatic nitrogens is 2. The molecule has 228 valence electrons. The summed E-state index contributed by atoms with van der Waals surface area (Å²) in [5, 5.41) is 25.5. The second-order valence-corrected chi connectivity index (χ2v) is 13.0. The van der Waals surface area contributed by atoms with E-state index in [-0.39, 0.29) is 5.75 Å². The predicted molar refractivity (Wildman–Crippen MR) is 151 cm³/mol. The van der Waals surface area contributed by atoms with Crippen LogP contribution in [-0.4, -0.2) is 68.7 Å². The van der Waals surface area contributed by atoms with E-state index in [9.17, 15) is 33.4 Å². The minimum absolute atomic E-state index is 0.227.